The molecular weight excluding hydrogens is 222 g/mol. The van der Waals surface area contributed by atoms with Gasteiger partial charge in [0, 0.05) is 6.04 Å². The summed E-state index contributed by atoms with van der Waals surface area (Å²) in [5.74, 6) is 0. The van der Waals surface area contributed by atoms with Crippen molar-refractivity contribution in [3.05, 3.63) is 0 Å². The van der Waals surface area contributed by atoms with Gasteiger partial charge in [-0.05, 0) is 58.2 Å². The highest BCUT2D eigenvalue weighted by atomic mass is 15.2. The van der Waals surface area contributed by atoms with Gasteiger partial charge < -0.3 is 4.90 Å². The number of hydrogen-bond acceptors (Lipinski definition) is 3. The molecule has 3 nitrogen and oxygen atoms in total. The van der Waals surface area contributed by atoms with Crippen LogP contribution < -0.4 is 5.32 Å². The van der Waals surface area contributed by atoms with Crippen molar-refractivity contribution >= 4 is 0 Å². The van der Waals surface area contributed by atoms with Gasteiger partial charge in [-0.3, -0.25) is 5.32 Å². The Morgan fingerprint density at radius 1 is 1.22 bits per heavy atom. The predicted octanol–water partition coefficient (Wildman–Crippen LogP) is 2.68. The van der Waals surface area contributed by atoms with Crippen LogP contribution >= 0.6 is 0 Å². The smallest absolute Gasteiger partial charge is 0.108 e. The van der Waals surface area contributed by atoms with E-state index in [0.29, 0.717) is 6.04 Å². The number of likely N-dealkylation sites (tertiary alicyclic amines) is 1. The molecule has 0 aromatic carbocycles. The SMILES string of the molecule is CCNC1(C#N)CCCC(N2CCCCCC2)C1. The number of hydrogen-bond donors (Lipinski definition) is 1. The minimum atomic E-state index is -0.246. The van der Waals surface area contributed by atoms with Crippen LogP contribution in [-0.4, -0.2) is 36.1 Å². The summed E-state index contributed by atoms with van der Waals surface area (Å²) in [7, 11) is 0. The summed E-state index contributed by atoms with van der Waals surface area (Å²) < 4.78 is 0. The minimum Gasteiger partial charge on any atom is -0.300 e. The van der Waals surface area contributed by atoms with Gasteiger partial charge in [0.1, 0.15) is 5.54 Å². The van der Waals surface area contributed by atoms with Gasteiger partial charge in [-0.1, -0.05) is 19.8 Å². The van der Waals surface area contributed by atoms with Gasteiger partial charge in [-0.2, -0.15) is 5.26 Å². The Labute approximate surface area is 112 Å². The summed E-state index contributed by atoms with van der Waals surface area (Å²) >= 11 is 0. The summed E-state index contributed by atoms with van der Waals surface area (Å²) in [6.45, 7) is 5.51. The number of rotatable bonds is 3. The standard InChI is InChI=1S/C15H27N3/c1-2-17-15(13-16)9-7-8-14(12-15)18-10-5-3-4-6-11-18/h14,17H,2-12H2,1H3. The number of nitrogens with one attached hydrogen (secondary N) is 1. The van der Waals surface area contributed by atoms with Crippen molar-refractivity contribution in [2.24, 2.45) is 0 Å². The first-order chi connectivity index (χ1) is 8.79. The highest BCUT2D eigenvalue weighted by Crippen LogP contribution is 2.32. The molecule has 2 unspecified atom stereocenters. The van der Waals surface area contributed by atoms with Crippen LogP contribution in [0.25, 0.3) is 0 Å². The third kappa shape index (κ3) is 3.24. The molecular formula is C15H27N3. The van der Waals surface area contributed by atoms with Crippen molar-refractivity contribution in [3.8, 4) is 6.07 Å². The van der Waals surface area contributed by atoms with Crippen LogP contribution in [0.15, 0.2) is 0 Å². The molecule has 2 rings (SSSR count). The first kappa shape index (κ1) is 13.8. The highest BCUT2D eigenvalue weighted by Gasteiger charge is 2.37. The van der Waals surface area contributed by atoms with Crippen LogP contribution in [0, 0.1) is 11.3 Å². The molecule has 1 aliphatic heterocycles. The molecule has 102 valence electrons. The van der Waals surface area contributed by atoms with Gasteiger partial charge in [0.2, 0.25) is 0 Å². The summed E-state index contributed by atoms with van der Waals surface area (Å²) in [6, 6.07) is 3.20. The van der Waals surface area contributed by atoms with Crippen molar-refractivity contribution in [2.75, 3.05) is 19.6 Å². The van der Waals surface area contributed by atoms with Gasteiger partial charge in [0.25, 0.3) is 0 Å². The van der Waals surface area contributed by atoms with Crippen LogP contribution in [0.4, 0.5) is 0 Å². The van der Waals surface area contributed by atoms with Crippen LogP contribution in [0.3, 0.4) is 0 Å². The van der Waals surface area contributed by atoms with Crippen LogP contribution in [0.2, 0.25) is 0 Å². The third-order valence-corrected chi connectivity index (χ3v) is 4.61. The quantitative estimate of drug-likeness (QED) is 0.836. The first-order valence-corrected chi connectivity index (χ1v) is 7.70. The van der Waals surface area contributed by atoms with Crippen molar-refractivity contribution in [2.45, 2.75) is 69.9 Å². The lowest BCUT2D eigenvalue weighted by Gasteiger charge is -2.41. The van der Waals surface area contributed by atoms with Crippen molar-refractivity contribution in [1.82, 2.24) is 10.2 Å². The predicted molar refractivity (Wildman–Crippen MR) is 74.3 cm³/mol. The summed E-state index contributed by atoms with van der Waals surface area (Å²) in [5, 5.41) is 13.0. The Bertz CT molecular complexity index is 285. The van der Waals surface area contributed by atoms with E-state index in [9.17, 15) is 5.26 Å². The van der Waals surface area contributed by atoms with E-state index in [1.807, 2.05) is 0 Å². The fraction of sp³-hybridized carbons (Fsp3) is 0.933. The lowest BCUT2D eigenvalue weighted by Crippen LogP contribution is -2.52. The molecule has 0 aromatic heterocycles. The van der Waals surface area contributed by atoms with Crippen molar-refractivity contribution in [1.29, 1.82) is 5.26 Å². The van der Waals surface area contributed by atoms with Crippen molar-refractivity contribution < 1.29 is 0 Å². The number of nitrogens with zero attached hydrogens (tertiary/aromatic N) is 2. The summed E-state index contributed by atoms with van der Waals surface area (Å²) in [6.07, 6.45) is 10.0. The molecule has 2 atom stereocenters. The molecule has 0 bridgehead atoms. The monoisotopic (exact) mass is 249 g/mol. The van der Waals surface area contributed by atoms with Gasteiger partial charge >= 0.3 is 0 Å². The molecule has 1 heterocycles. The number of nitriles is 1. The van der Waals surface area contributed by atoms with E-state index < -0.39 is 0 Å². The second kappa shape index (κ2) is 6.54. The maximum absolute atomic E-state index is 9.51. The molecule has 0 radical (unpaired) electrons. The second-order valence-electron chi connectivity index (χ2n) is 5.92. The van der Waals surface area contributed by atoms with Crippen LogP contribution in [0.5, 0.6) is 0 Å². The normalized spacial score (nSPS) is 34.8. The maximum Gasteiger partial charge on any atom is 0.108 e. The molecule has 0 amide bonds. The minimum absolute atomic E-state index is 0.246. The van der Waals surface area contributed by atoms with Crippen LogP contribution in [0.1, 0.15) is 58.3 Å². The maximum atomic E-state index is 9.51. The fourth-order valence-corrected chi connectivity index (χ4v) is 3.66. The molecule has 1 saturated heterocycles. The van der Waals surface area contributed by atoms with E-state index in [0.717, 1.165) is 19.4 Å². The average Bonchev–Trinajstić information content (AvgIpc) is 2.68. The van der Waals surface area contributed by atoms with Gasteiger partial charge in [0.15, 0.2) is 0 Å². The van der Waals surface area contributed by atoms with Gasteiger partial charge in [-0.15, -0.1) is 0 Å². The molecule has 18 heavy (non-hydrogen) atoms. The Balaban J connectivity index is 1.98. The largest absolute Gasteiger partial charge is 0.300 e. The molecule has 2 fully saturated rings. The highest BCUT2D eigenvalue weighted by molar-refractivity contribution is 5.11. The zero-order chi connectivity index (χ0) is 12.8. The second-order valence-corrected chi connectivity index (χ2v) is 5.92. The van der Waals surface area contributed by atoms with Gasteiger partial charge in [0.05, 0.1) is 6.07 Å². The van der Waals surface area contributed by atoms with E-state index >= 15 is 0 Å². The van der Waals surface area contributed by atoms with E-state index in [4.69, 9.17) is 0 Å². The third-order valence-electron chi connectivity index (χ3n) is 4.61. The molecule has 3 heteroatoms. The Kier molecular flexibility index (Phi) is 5.03. The molecule has 1 N–H and O–H groups in total. The van der Waals surface area contributed by atoms with E-state index in [-0.39, 0.29) is 5.54 Å². The summed E-state index contributed by atoms with van der Waals surface area (Å²) in [4.78, 5) is 2.66. The molecule has 1 saturated carbocycles. The van der Waals surface area contributed by atoms with E-state index in [1.165, 1.54) is 51.6 Å². The summed E-state index contributed by atoms with van der Waals surface area (Å²) in [5.41, 5.74) is -0.246. The Morgan fingerprint density at radius 3 is 2.56 bits per heavy atom. The first-order valence-electron chi connectivity index (χ1n) is 7.70. The van der Waals surface area contributed by atoms with E-state index in [1.54, 1.807) is 0 Å². The molecule has 0 spiro atoms. The Hall–Kier alpha value is -0.590. The van der Waals surface area contributed by atoms with E-state index in [2.05, 4.69) is 23.2 Å². The molecule has 1 aliphatic carbocycles. The topological polar surface area (TPSA) is 39.1 Å². The average molecular weight is 249 g/mol. The van der Waals surface area contributed by atoms with Crippen molar-refractivity contribution in [3.63, 3.8) is 0 Å². The zero-order valence-corrected chi connectivity index (χ0v) is 11.7. The lowest BCUT2D eigenvalue weighted by molar-refractivity contribution is 0.124. The molecule has 2 aliphatic rings. The zero-order valence-electron chi connectivity index (χ0n) is 11.7. The Morgan fingerprint density at radius 2 is 1.94 bits per heavy atom. The van der Waals surface area contributed by atoms with Gasteiger partial charge in [-0.25, -0.2) is 0 Å². The fourth-order valence-electron chi connectivity index (χ4n) is 3.66. The lowest BCUT2D eigenvalue weighted by atomic mass is 9.79. The van der Waals surface area contributed by atoms with Crippen LogP contribution in [-0.2, 0) is 0 Å². The molecule has 0 aromatic rings.